The van der Waals surface area contributed by atoms with Crippen LogP contribution in [0, 0.1) is 0 Å². The lowest BCUT2D eigenvalue weighted by molar-refractivity contribution is -0.122. The highest BCUT2D eigenvalue weighted by Gasteiger charge is 2.28. The fourth-order valence-corrected chi connectivity index (χ4v) is 4.16. The molecular formula is C23H19BrN2O2S. The fourth-order valence-electron chi connectivity index (χ4n) is 3.32. The van der Waals surface area contributed by atoms with Gasteiger partial charge in [-0.2, -0.15) is 0 Å². The monoisotopic (exact) mass is 466 g/mol. The number of carbonyl (C=O) groups is 1. The molecule has 0 aromatic heterocycles. The molecule has 0 aliphatic carbocycles. The molecule has 1 aliphatic heterocycles. The molecule has 0 spiro atoms. The van der Waals surface area contributed by atoms with Gasteiger partial charge < -0.3 is 10.1 Å². The molecule has 0 bridgehead atoms. The van der Waals surface area contributed by atoms with Crippen molar-refractivity contribution in [3.63, 3.8) is 0 Å². The standard InChI is InChI=1S/C23H19BrN2O2S/c1-2-26-22(27)20(25-23(26)29)13-15-10-11-21(19(24)12-15)28-14-17-8-5-7-16-6-3-4-9-18(16)17/h3-13H,2,14H2,1H3,(H,25,29)/b20-13-. The second-order valence-electron chi connectivity index (χ2n) is 6.65. The van der Waals surface area contributed by atoms with Crippen molar-refractivity contribution in [2.24, 2.45) is 0 Å². The number of ether oxygens (including phenoxy) is 1. The van der Waals surface area contributed by atoms with E-state index in [1.807, 2.05) is 43.3 Å². The number of benzene rings is 3. The van der Waals surface area contributed by atoms with Gasteiger partial charge in [0.25, 0.3) is 5.91 Å². The van der Waals surface area contributed by atoms with E-state index in [4.69, 9.17) is 17.0 Å². The van der Waals surface area contributed by atoms with Gasteiger partial charge in [-0.3, -0.25) is 9.69 Å². The number of carbonyl (C=O) groups excluding carboxylic acids is 1. The van der Waals surface area contributed by atoms with Crippen LogP contribution in [0.25, 0.3) is 16.8 Å². The zero-order chi connectivity index (χ0) is 20.4. The Kier molecular flexibility index (Phi) is 5.65. The molecular weight excluding hydrogens is 448 g/mol. The highest BCUT2D eigenvalue weighted by Crippen LogP contribution is 2.29. The molecule has 1 amide bonds. The number of likely N-dealkylation sites (N-methyl/N-ethyl adjacent to an activating group) is 1. The minimum Gasteiger partial charge on any atom is -0.488 e. The van der Waals surface area contributed by atoms with Crippen molar-refractivity contribution in [2.75, 3.05) is 6.54 Å². The zero-order valence-electron chi connectivity index (χ0n) is 15.8. The minimum absolute atomic E-state index is 0.107. The molecule has 0 unspecified atom stereocenters. The average Bonchev–Trinajstić information content (AvgIpc) is 2.99. The summed E-state index contributed by atoms with van der Waals surface area (Å²) in [4.78, 5) is 13.9. The van der Waals surface area contributed by atoms with E-state index in [1.165, 1.54) is 15.7 Å². The molecule has 0 saturated carbocycles. The lowest BCUT2D eigenvalue weighted by atomic mass is 10.1. The quantitative estimate of drug-likeness (QED) is 0.411. The summed E-state index contributed by atoms with van der Waals surface area (Å²) in [5, 5.41) is 5.80. The van der Waals surface area contributed by atoms with Crippen molar-refractivity contribution in [3.8, 4) is 5.75 Å². The summed E-state index contributed by atoms with van der Waals surface area (Å²) in [5.41, 5.74) is 2.49. The Balaban J connectivity index is 1.51. The lowest BCUT2D eigenvalue weighted by Gasteiger charge is -2.11. The number of amides is 1. The van der Waals surface area contributed by atoms with Crippen LogP contribution in [0.4, 0.5) is 0 Å². The largest absolute Gasteiger partial charge is 0.488 e. The van der Waals surface area contributed by atoms with Gasteiger partial charge in [0.2, 0.25) is 0 Å². The van der Waals surface area contributed by atoms with Crippen LogP contribution in [0.5, 0.6) is 5.75 Å². The molecule has 1 N–H and O–H groups in total. The first-order chi connectivity index (χ1) is 14.1. The van der Waals surface area contributed by atoms with Gasteiger partial charge in [-0.05, 0) is 75.2 Å². The van der Waals surface area contributed by atoms with Gasteiger partial charge in [0, 0.05) is 6.54 Å². The number of fused-ring (bicyclic) bond motifs is 1. The zero-order valence-corrected chi connectivity index (χ0v) is 18.2. The van der Waals surface area contributed by atoms with Crippen molar-refractivity contribution >= 4 is 56.0 Å². The van der Waals surface area contributed by atoms with E-state index in [1.54, 1.807) is 6.08 Å². The molecule has 0 radical (unpaired) electrons. The number of halogens is 1. The number of rotatable bonds is 5. The molecule has 146 valence electrons. The first-order valence-electron chi connectivity index (χ1n) is 9.30. The van der Waals surface area contributed by atoms with Gasteiger partial charge in [-0.25, -0.2) is 0 Å². The summed E-state index contributed by atoms with van der Waals surface area (Å²) in [6, 6.07) is 20.2. The third kappa shape index (κ3) is 4.04. The molecule has 1 heterocycles. The van der Waals surface area contributed by atoms with Gasteiger partial charge >= 0.3 is 0 Å². The Labute approximate surface area is 183 Å². The van der Waals surface area contributed by atoms with E-state index in [2.05, 4.69) is 45.5 Å². The number of nitrogens with zero attached hydrogens (tertiary/aromatic N) is 1. The summed E-state index contributed by atoms with van der Waals surface area (Å²) in [6.07, 6.45) is 1.80. The maximum absolute atomic E-state index is 12.3. The van der Waals surface area contributed by atoms with Crippen molar-refractivity contribution in [1.29, 1.82) is 0 Å². The highest BCUT2D eigenvalue weighted by molar-refractivity contribution is 9.10. The summed E-state index contributed by atoms with van der Waals surface area (Å²) >= 11 is 8.77. The maximum Gasteiger partial charge on any atom is 0.276 e. The fraction of sp³-hybridized carbons (Fsp3) is 0.130. The maximum atomic E-state index is 12.3. The van der Waals surface area contributed by atoms with Gasteiger partial charge in [0.15, 0.2) is 5.11 Å². The molecule has 4 rings (SSSR count). The van der Waals surface area contributed by atoms with Crippen LogP contribution in [0.1, 0.15) is 18.1 Å². The molecule has 0 atom stereocenters. The molecule has 3 aromatic rings. The van der Waals surface area contributed by atoms with Crippen LogP contribution in [0.2, 0.25) is 0 Å². The van der Waals surface area contributed by atoms with E-state index in [0.717, 1.165) is 21.3 Å². The molecule has 29 heavy (non-hydrogen) atoms. The van der Waals surface area contributed by atoms with Gasteiger partial charge in [0.05, 0.1) is 4.47 Å². The van der Waals surface area contributed by atoms with Crippen LogP contribution in [-0.4, -0.2) is 22.5 Å². The second kappa shape index (κ2) is 8.35. The van der Waals surface area contributed by atoms with E-state index in [9.17, 15) is 4.79 Å². The van der Waals surface area contributed by atoms with Crippen molar-refractivity contribution in [2.45, 2.75) is 13.5 Å². The first-order valence-corrected chi connectivity index (χ1v) is 10.5. The lowest BCUT2D eigenvalue weighted by Crippen LogP contribution is -2.30. The predicted octanol–water partition coefficient (Wildman–Crippen LogP) is 5.26. The summed E-state index contributed by atoms with van der Waals surface area (Å²) in [6.45, 7) is 2.92. The van der Waals surface area contributed by atoms with E-state index in [0.29, 0.717) is 24.0 Å². The molecule has 1 saturated heterocycles. The molecule has 6 heteroatoms. The van der Waals surface area contributed by atoms with Gasteiger partial charge in [-0.15, -0.1) is 0 Å². The number of hydrogen-bond donors (Lipinski definition) is 1. The Bertz CT molecular complexity index is 1140. The van der Waals surface area contributed by atoms with Crippen LogP contribution < -0.4 is 10.1 Å². The molecule has 1 fully saturated rings. The number of thiocarbonyl (C=S) groups is 1. The third-order valence-corrected chi connectivity index (χ3v) is 5.75. The summed E-state index contributed by atoms with van der Waals surface area (Å²) < 4.78 is 6.88. The Morgan fingerprint density at radius 3 is 2.69 bits per heavy atom. The molecule has 4 nitrogen and oxygen atoms in total. The van der Waals surface area contributed by atoms with E-state index >= 15 is 0 Å². The van der Waals surface area contributed by atoms with Crippen molar-refractivity contribution in [3.05, 3.63) is 82.0 Å². The smallest absolute Gasteiger partial charge is 0.276 e. The Morgan fingerprint density at radius 2 is 1.93 bits per heavy atom. The topological polar surface area (TPSA) is 41.6 Å². The van der Waals surface area contributed by atoms with E-state index < -0.39 is 0 Å². The average molecular weight is 467 g/mol. The first kappa shape index (κ1) is 19.6. The van der Waals surface area contributed by atoms with Gasteiger partial charge in [0.1, 0.15) is 18.1 Å². The summed E-state index contributed by atoms with van der Waals surface area (Å²) in [5.74, 6) is 0.640. The highest BCUT2D eigenvalue weighted by atomic mass is 79.9. The number of nitrogens with one attached hydrogen (secondary N) is 1. The SMILES string of the molecule is CCN1C(=O)/C(=C/c2ccc(OCc3cccc4ccccc34)c(Br)c2)NC1=S. The molecule has 1 aliphatic rings. The predicted molar refractivity (Wildman–Crippen MR) is 124 cm³/mol. The second-order valence-corrected chi connectivity index (χ2v) is 7.90. The van der Waals surface area contributed by atoms with Crippen LogP contribution >= 0.6 is 28.1 Å². The van der Waals surface area contributed by atoms with Gasteiger partial charge in [-0.1, -0.05) is 48.5 Å². The minimum atomic E-state index is -0.107. The van der Waals surface area contributed by atoms with Crippen LogP contribution in [0.3, 0.4) is 0 Å². The number of hydrogen-bond acceptors (Lipinski definition) is 3. The third-order valence-electron chi connectivity index (χ3n) is 4.81. The normalized spacial score (nSPS) is 15.2. The Hall–Kier alpha value is -2.70. The van der Waals surface area contributed by atoms with E-state index in [-0.39, 0.29) is 5.91 Å². The summed E-state index contributed by atoms with van der Waals surface area (Å²) in [7, 11) is 0. The Morgan fingerprint density at radius 1 is 1.14 bits per heavy atom. The van der Waals surface area contributed by atoms with Crippen molar-refractivity contribution < 1.29 is 9.53 Å². The van der Waals surface area contributed by atoms with Crippen LogP contribution in [0.15, 0.2) is 70.8 Å². The van der Waals surface area contributed by atoms with Crippen molar-refractivity contribution in [1.82, 2.24) is 10.2 Å². The molecule has 3 aromatic carbocycles. The van der Waals surface area contributed by atoms with Crippen LogP contribution in [-0.2, 0) is 11.4 Å².